The van der Waals surface area contributed by atoms with Gasteiger partial charge in [0.05, 0.1) is 9.75 Å². The molecule has 0 aliphatic heterocycles. The summed E-state index contributed by atoms with van der Waals surface area (Å²) in [6.07, 6.45) is 1.85. The monoisotopic (exact) mass is 556 g/mol. The van der Waals surface area contributed by atoms with E-state index in [4.69, 9.17) is 23.2 Å². The minimum atomic E-state index is -0.492. The molecule has 2 aliphatic carbocycles. The molecule has 0 nitrogen and oxygen atoms in total. The molecule has 38 heavy (non-hydrogen) atoms. The van der Waals surface area contributed by atoms with Gasteiger partial charge in [-0.3, -0.25) is 0 Å². The summed E-state index contributed by atoms with van der Waals surface area (Å²) in [7, 11) is 0.489. The van der Waals surface area contributed by atoms with E-state index in [0.29, 0.717) is 21.4 Å². The molecule has 0 spiro atoms. The minimum absolute atomic E-state index is 0.456. The van der Waals surface area contributed by atoms with Crippen molar-refractivity contribution in [3.8, 4) is 11.1 Å². The van der Waals surface area contributed by atoms with Gasteiger partial charge >= 0.3 is 0 Å². The van der Waals surface area contributed by atoms with Crippen molar-refractivity contribution in [3.63, 3.8) is 0 Å². The molecule has 0 bridgehead atoms. The fraction of sp³-hybridized carbons (Fsp3) is 0.371. The van der Waals surface area contributed by atoms with Crippen molar-refractivity contribution in [2.75, 3.05) is 0 Å². The molecular formula is C35H38Cl2Si. The highest BCUT2D eigenvalue weighted by molar-refractivity contribution is 6.80. The zero-order valence-electron chi connectivity index (χ0n) is 23.7. The molecule has 196 valence electrons. The van der Waals surface area contributed by atoms with E-state index in [9.17, 15) is 0 Å². The first kappa shape index (κ1) is 27.5. The number of halogens is 2. The number of fused-ring (bicyclic) bond motifs is 2. The molecule has 3 heteroatoms. The zero-order chi connectivity index (χ0) is 27.4. The van der Waals surface area contributed by atoms with Crippen LogP contribution in [0.2, 0.25) is 0 Å². The Hall–Kier alpha value is -2.06. The number of alkyl halides is 2. The third-order valence-electron chi connectivity index (χ3n) is 8.34. The van der Waals surface area contributed by atoms with Crippen molar-refractivity contribution < 1.29 is 0 Å². The average molecular weight is 558 g/mol. The van der Waals surface area contributed by atoms with E-state index < -0.39 is 9.75 Å². The van der Waals surface area contributed by atoms with Crippen LogP contribution in [0.25, 0.3) is 21.5 Å². The summed E-state index contributed by atoms with van der Waals surface area (Å²) in [5.74, 6) is 0.980. The van der Waals surface area contributed by atoms with Crippen LogP contribution in [0.4, 0.5) is 0 Å². The Balaban J connectivity index is 1.75. The normalized spacial score (nSPS) is 22.6. The van der Waals surface area contributed by atoms with E-state index in [1.54, 1.807) is 0 Å². The molecule has 0 amide bonds. The van der Waals surface area contributed by atoms with Crippen LogP contribution >= 0.6 is 23.2 Å². The van der Waals surface area contributed by atoms with Crippen LogP contribution in [-0.2, 0) is 9.75 Å². The first-order valence-electron chi connectivity index (χ1n) is 13.9. The molecule has 0 fully saturated rings. The summed E-state index contributed by atoms with van der Waals surface area (Å²) in [6.45, 7) is 15.9. The SMILES string of the molecule is CC1=C([Si]C2=C(C)C(Cl)(CC(C)C)c3cccc(-c4ccccc4)c32)c2c(C)cccc2C1(Cl)CC(C)C. The second kappa shape index (κ2) is 10.2. The topological polar surface area (TPSA) is 0 Å². The highest BCUT2D eigenvalue weighted by atomic mass is 35.5. The minimum Gasteiger partial charge on any atom is -0.109 e. The van der Waals surface area contributed by atoms with Crippen LogP contribution in [0, 0.1) is 18.8 Å². The van der Waals surface area contributed by atoms with E-state index in [-0.39, 0.29) is 0 Å². The summed E-state index contributed by atoms with van der Waals surface area (Å²) in [6, 6.07) is 24.1. The van der Waals surface area contributed by atoms with Crippen LogP contribution < -0.4 is 0 Å². The van der Waals surface area contributed by atoms with Crippen molar-refractivity contribution in [2.45, 2.75) is 71.1 Å². The van der Waals surface area contributed by atoms with Crippen molar-refractivity contribution in [3.05, 3.63) is 106 Å². The van der Waals surface area contributed by atoms with Crippen LogP contribution in [0.3, 0.4) is 0 Å². The highest BCUT2D eigenvalue weighted by Gasteiger charge is 2.46. The van der Waals surface area contributed by atoms with Crippen LogP contribution in [0.5, 0.6) is 0 Å². The molecule has 3 aromatic rings. The maximum atomic E-state index is 7.68. The van der Waals surface area contributed by atoms with E-state index in [2.05, 4.69) is 115 Å². The Labute approximate surface area is 242 Å². The Morgan fingerprint density at radius 2 is 1.13 bits per heavy atom. The molecule has 2 aliphatic rings. The summed E-state index contributed by atoms with van der Waals surface area (Å²) >= 11 is 15.3. The fourth-order valence-corrected chi connectivity index (χ4v) is 9.79. The van der Waals surface area contributed by atoms with Crippen LogP contribution in [0.1, 0.15) is 82.2 Å². The fourth-order valence-electron chi connectivity index (χ4n) is 6.60. The van der Waals surface area contributed by atoms with Crippen molar-refractivity contribution in [2.24, 2.45) is 11.8 Å². The van der Waals surface area contributed by atoms with Gasteiger partial charge in [0.15, 0.2) is 0 Å². The first-order valence-corrected chi connectivity index (χ1v) is 15.6. The van der Waals surface area contributed by atoms with Gasteiger partial charge in [0.2, 0.25) is 0 Å². The van der Waals surface area contributed by atoms with Crippen molar-refractivity contribution in [1.82, 2.24) is 0 Å². The van der Waals surface area contributed by atoms with Gasteiger partial charge in [0.1, 0.15) is 9.52 Å². The number of hydrogen-bond acceptors (Lipinski definition) is 0. The lowest BCUT2D eigenvalue weighted by Crippen LogP contribution is -2.20. The predicted octanol–water partition coefficient (Wildman–Crippen LogP) is 10.5. The Kier molecular flexibility index (Phi) is 7.35. The number of aryl methyl sites for hydroxylation is 1. The Morgan fingerprint density at radius 1 is 0.632 bits per heavy atom. The van der Waals surface area contributed by atoms with Gasteiger partial charge in [-0.25, -0.2) is 0 Å². The summed E-state index contributed by atoms with van der Waals surface area (Å²) < 4.78 is 0. The molecule has 0 N–H and O–H groups in total. The third-order valence-corrected chi connectivity index (χ3v) is 11.4. The Bertz CT molecular complexity index is 1450. The molecule has 3 aromatic carbocycles. The maximum Gasteiger partial charge on any atom is 0.123 e. The summed E-state index contributed by atoms with van der Waals surface area (Å²) in [4.78, 5) is -0.947. The summed E-state index contributed by atoms with van der Waals surface area (Å²) in [5.41, 5.74) is 11.7. The van der Waals surface area contributed by atoms with Crippen molar-refractivity contribution in [1.29, 1.82) is 0 Å². The predicted molar refractivity (Wildman–Crippen MR) is 168 cm³/mol. The average Bonchev–Trinajstić information content (AvgIpc) is 3.20. The van der Waals surface area contributed by atoms with Gasteiger partial charge < -0.3 is 0 Å². The molecular weight excluding hydrogens is 519 g/mol. The third kappa shape index (κ3) is 4.36. The largest absolute Gasteiger partial charge is 0.123 e. The van der Waals surface area contributed by atoms with Crippen LogP contribution in [-0.4, -0.2) is 9.52 Å². The van der Waals surface area contributed by atoms with Crippen molar-refractivity contribution >= 4 is 43.1 Å². The molecule has 0 aromatic heterocycles. The van der Waals surface area contributed by atoms with Gasteiger partial charge in [-0.05, 0) is 106 Å². The van der Waals surface area contributed by atoms with Gasteiger partial charge in [0, 0.05) is 0 Å². The second-order valence-corrected chi connectivity index (χ2v) is 14.6. The van der Waals surface area contributed by atoms with E-state index in [1.807, 2.05) is 0 Å². The highest BCUT2D eigenvalue weighted by Crippen LogP contribution is 2.58. The van der Waals surface area contributed by atoms with Gasteiger partial charge in [-0.1, -0.05) is 94.4 Å². The van der Waals surface area contributed by atoms with Gasteiger partial charge in [0.25, 0.3) is 0 Å². The smallest absolute Gasteiger partial charge is 0.109 e. The summed E-state index contributed by atoms with van der Waals surface area (Å²) in [5, 5.41) is 2.80. The first-order chi connectivity index (χ1) is 18.0. The Morgan fingerprint density at radius 3 is 1.68 bits per heavy atom. The second-order valence-electron chi connectivity index (χ2n) is 12.0. The standard InChI is InChI=1S/C35H38Cl2Si/c1-21(2)19-34(36)24(6)32(30-23(5)13-11-17-28(30)34)38-33-25(7)35(37,20-22(3)4)29-18-12-16-27(31(29)33)26-14-9-8-10-15-26/h8-18,21-22H,19-20H2,1-7H3. The van der Waals surface area contributed by atoms with Crippen LogP contribution in [0.15, 0.2) is 77.9 Å². The molecule has 0 heterocycles. The van der Waals surface area contributed by atoms with Gasteiger partial charge in [-0.15, -0.1) is 23.2 Å². The van der Waals surface area contributed by atoms with E-state index in [1.165, 1.54) is 60.5 Å². The lowest BCUT2D eigenvalue weighted by atomic mass is 9.86. The zero-order valence-corrected chi connectivity index (χ0v) is 26.2. The lowest BCUT2D eigenvalue weighted by Gasteiger charge is -2.28. The molecule has 2 radical (unpaired) electrons. The molecule has 2 unspecified atom stereocenters. The van der Waals surface area contributed by atoms with E-state index >= 15 is 0 Å². The maximum absolute atomic E-state index is 7.68. The molecule has 5 rings (SSSR count). The molecule has 0 saturated heterocycles. The molecule has 0 saturated carbocycles. The quantitative estimate of drug-likeness (QED) is 0.200. The lowest BCUT2D eigenvalue weighted by molar-refractivity contribution is 0.504. The van der Waals surface area contributed by atoms with Gasteiger partial charge in [-0.2, -0.15) is 0 Å². The number of hydrogen-bond donors (Lipinski definition) is 0. The van der Waals surface area contributed by atoms with E-state index in [0.717, 1.165) is 12.8 Å². The number of benzene rings is 3. The number of allylic oxidation sites excluding steroid dienone is 2. The number of rotatable bonds is 7. The molecule has 2 atom stereocenters.